The molecule has 11 heteroatoms. The lowest BCUT2D eigenvalue weighted by atomic mass is 9.99. The Labute approximate surface area is 202 Å². The standard InChI is InChI=1S/C21H25F3N4O3.HI/c1-25-20(27-11-14-4-5-19(26-10-14)31-13-21(22,23)24)28-7-6-15-8-17(29-2)18(30-3)9-16(15)12-28;/h4-5,8-10H,6-7,11-13H2,1-3H3,(H,25,27);1H. The number of fused-ring (bicyclic) bond motifs is 1. The van der Waals surface area contributed by atoms with Gasteiger partial charge in [0.2, 0.25) is 5.88 Å². The third-order valence-corrected chi connectivity index (χ3v) is 4.86. The number of pyridine rings is 1. The number of halogens is 4. The molecule has 1 aliphatic heterocycles. The van der Waals surface area contributed by atoms with Crippen molar-refractivity contribution < 1.29 is 27.4 Å². The minimum Gasteiger partial charge on any atom is -0.493 e. The average molecular weight is 566 g/mol. The van der Waals surface area contributed by atoms with Crippen LogP contribution in [0.25, 0.3) is 0 Å². The van der Waals surface area contributed by atoms with Crippen molar-refractivity contribution in [2.75, 3.05) is 34.4 Å². The minimum absolute atomic E-state index is 0. The summed E-state index contributed by atoms with van der Waals surface area (Å²) >= 11 is 0. The van der Waals surface area contributed by atoms with Crippen LogP contribution in [-0.2, 0) is 19.5 Å². The second-order valence-corrected chi connectivity index (χ2v) is 6.96. The number of hydrogen-bond donors (Lipinski definition) is 1. The van der Waals surface area contributed by atoms with Gasteiger partial charge in [-0.2, -0.15) is 13.2 Å². The summed E-state index contributed by atoms with van der Waals surface area (Å²) in [7, 11) is 4.94. The maximum absolute atomic E-state index is 12.2. The third kappa shape index (κ3) is 6.78. The molecule has 0 radical (unpaired) electrons. The van der Waals surface area contributed by atoms with Gasteiger partial charge in [0.1, 0.15) is 0 Å². The number of benzene rings is 1. The Morgan fingerprint density at radius 2 is 1.84 bits per heavy atom. The van der Waals surface area contributed by atoms with Crippen molar-refractivity contribution in [2.24, 2.45) is 4.99 Å². The summed E-state index contributed by atoms with van der Waals surface area (Å²) in [6.45, 7) is 0.508. The number of ether oxygens (including phenoxy) is 3. The largest absolute Gasteiger partial charge is 0.493 e. The number of nitrogens with one attached hydrogen (secondary N) is 1. The van der Waals surface area contributed by atoms with Gasteiger partial charge in [-0.25, -0.2) is 4.98 Å². The van der Waals surface area contributed by atoms with E-state index in [1.165, 1.54) is 17.8 Å². The molecule has 0 amide bonds. The van der Waals surface area contributed by atoms with Crippen LogP contribution < -0.4 is 19.5 Å². The van der Waals surface area contributed by atoms with Crippen LogP contribution >= 0.6 is 24.0 Å². The molecular weight excluding hydrogens is 540 g/mol. The van der Waals surface area contributed by atoms with Crippen LogP contribution in [0.15, 0.2) is 35.5 Å². The lowest BCUT2D eigenvalue weighted by Crippen LogP contribution is -2.43. The molecule has 0 unspecified atom stereocenters. The summed E-state index contributed by atoms with van der Waals surface area (Å²) in [5.41, 5.74) is 3.15. The first-order valence-electron chi connectivity index (χ1n) is 9.67. The van der Waals surface area contributed by atoms with Crippen molar-refractivity contribution in [3.8, 4) is 17.4 Å². The molecule has 0 saturated carbocycles. The second-order valence-electron chi connectivity index (χ2n) is 6.96. The molecule has 0 fully saturated rings. The quantitative estimate of drug-likeness (QED) is 0.326. The van der Waals surface area contributed by atoms with Crippen LogP contribution in [0.3, 0.4) is 0 Å². The minimum atomic E-state index is -4.39. The van der Waals surface area contributed by atoms with E-state index in [1.54, 1.807) is 27.3 Å². The molecular formula is C21H26F3IN4O3. The van der Waals surface area contributed by atoms with Gasteiger partial charge in [-0.15, -0.1) is 24.0 Å². The Morgan fingerprint density at radius 1 is 1.16 bits per heavy atom. The lowest BCUT2D eigenvalue weighted by Gasteiger charge is -2.32. The van der Waals surface area contributed by atoms with Crippen LogP contribution in [0, 0.1) is 0 Å². The average Bonchev–Trinajstić information content (AvgIpc) is 2.77. The Morgan fingerprint density at radius 3 is 2.41 bits per heavy atom. The number of aromatic nitrogens is 1. The van der Waals surface area contributed by atoms with E-state index in [1.807, 2.05) is 12.1 Å². The van der Waals surface area contributed by atoms with Crippen LogP contribution in [0.2, 0.25) is 0 Å². The van der Waals surface area contributed by atoms with Crippen molar-refractivity contribution in [1.29, 1.82) is 0 Å². The van der Waals surface area contributed by atoms with Crippen molar-refractivity contribution >= 4 is 29.9 Å². The second kappa shape index (κ2) is 11.4. The fourth-order valence-electron chi connectivity index (χ4n) is 3.33. The molecule has 32 heavy (non-hydrogen) atoms. The molecule has 0 bridgehead atoms. The van der Waals surface area contributed by atoms with E-state index >= 15 is 0 Å². The fourth-order valence-corrected chi connectivity index (χ4v) is 3.33. The van der Waals surface area contributed by atoms with Crippen LogP contribution in [0.4, 0.5) is 13.2 Å². The number of aliphatic imine (C=N–C) groups is 1. The van der Waals surface area contributed by atoms with E-state index in [2.05, 4.69) is 24.9 Å². The van der Waals surface area contributed by atoms with Gasteiger partial charge in [-0.1, -0.05) is 6.07 Å². The molecule has 0 aliphatic carbocycles. The molecule has 1 aromatic carbocycles. The Hall–Kier alpha value is -2.44. The molecule has 3 rings (SSSR count). The number of hydrogen-bond acceptors (Lipinski definition) is 5. The van der Waals surface area contributed by atoms with Gasteiger partial charge < -0.3 is 24.4 Å². The molecule has 0 spiro atoms. The molecule has 1 aliphatic rings. The molecule has 7 nitrogen and oxygen atoms in total. The molecule has 176 valence electrons. The first-order valence-corrected chi connectivity index (χ1v) is 9.67. The zero-order valence-electron chi connectivity index (χ0n) is 18.0. The summed E-state index contributed by atoms with van der Waals surface area (Å²) in [6, 6.07) is 7.08. The topological polar surface area (TPSA) is 68.2 Å². The van der Waals surface area contributed by atoms with Crippen molar-refractivity contribution in [1.82, 2.24) is 15.2 Å². The van der Waals surface area contributed by atoms with Crippen LogP contribution in [0.1, 0.15) is 16.7 Å². The Bertz CT molecular complexity index is 924. The zero-order chi connectivity index (χ0) is 22.4. The monoisotopic (exact) mass is 566 g/mol. The van der Waals surface area contributed by atoms with Gasteiger partial charge in [0.25, 0.3) is 0 Å². The Kier molecular flexibility index (Phi) is 9.22. The Balaban J connectivity index is 0.00000363. The SMILES string of the molecule is CN=C(NCc1ccc(OCC(F)(F)F)nc1)N1CCc2cc(OC)c(OC)cc2C1.I. The van der Waals surface area contributed by atoms with E-state index in [-0.39, 0.29) is 29.9 Å². The summed E-state index contributed by atoms with van der Waals surface area (Å²) in [5.74, 6) is 2.05. The maximum Gasteiger partial charge on any atom is 0.422 e. The highest BCUT2D eigenvalue weighted by atomic mass is 127. The summed E-state index contributed by atoms with van der Waals surface area (Å²) in [6.07, 6.45) is -2.07. The molecule has 0 atom stereocenters. The van der Waals surface area contributed by atoms with Gasteiger partial charge in [-0.3, -0.25) is 4.99 Å². The lowest BCUT2D eigenvalue weighted by molar-refractivity contribution is -0.154. The molecule has 2 heterocycles. The third-order valence-electron chi connectivity index (χ3n) is 4.86. The van der Waals surface area contributed by atoms with E-state index in [4.69, 9.17) is 9.47 Å². The van der Waals surface area contributed by atoms with Gasteiger partial charge in [0, 0.05) is 38.9 Å². The first kappa shape index (κ1) is 25.8. The molecule has 0 saturated heterocycles. The highest BCUT2D eigenvalue weighted by Gasteiger charge is 2.28. The van der Waals surface area contributed by atoms with Gasteiger partial charge >= 0.3 is 6.18 Å². The van der Waals surface area contributed by atoms with E-state index in [0.29, 0.717) is 24.6 Å². The van der Waals surface area contributed by atoms with E-state index < -0.39 is 12.8 Å². The van der Waals surface area contributed by atoms with Gasteiger partial charge in [-0.05, 0) is 35.2 Å². The van der Waals surface area contributed by atoms with E-state index in [0.717, 1.165) is 30.1 Å². The predicted octanol–water partition coefficient (Wildman–Crippen LogP) is 3.79. The van der Waals surface area contributed by atoms with Crippen molar-refractivity contribution in [2.45, 2.75) is 25.7 Å². The summed E-state index contributed by atoms with van der Waals surface area (Å²) in [4.78, 5) is 10.4. The van der Waals surface area contributed by atoms with Crippen LogP contribution in [0.5, 0.6) is 17.4 Å². The molecule has 2 aromatic rings. The molecule has 1 aromatic heterocycles. The zero-order valence-corrected chi connectivity index (χ0v) is 20.4. The fraction of sp³-hybridized carbons (Fsp3) is 0.429. The smallest absolute Gasteiger partial charge is 0.422 e. The maximum atomic E-state index is 12.2. The van der Waals surface area contributed by atoms with Crippen LogP contribution in [-0.4, -0.2) is 56.4 Å². The first-order chi connectivity index (χ1) is 14.8. The summed E-state index contributed by atoms with van der Waals surface area (Å²) < 4.78 is 52.1. The predicted molar refractivity (Wildman–Crippen MR) is 125 cm³/mol. The van der Waals surface area contributed by atoms with Gasteiger partial charge in [0.05, 0.1) is 14.2 Å². The number of guanidine groups is 1. The van der Waals surface area contributed by atoms with Gasteiger partial charge in [0.15, 0.2) is 24.1 Å². The number of rotatable bonds is 6. The summed E-state index contributed by atoms with van der Waals surface area (Å²) in [5, 5.41) is 3.27. The number of alkyl halides is 3. The number of nitrogens with zero attached hydrogens (tertiary/aromatic N) is 3. The van der Waals surface area contributed by atoms with E-state index in [9.17, 15) is 13.2 Å². The van der Waals surface area contributed by atoms with Crippen molar-refractivity contribution in [3.63, 3.8) is 0 Å². The highest BCUT2D eigenvalue weighted by molar-refractivity contribution is 14.0. The highest BCUT2D eigenvalue weighted by Crippen LogP contribution is 2.33. The number of methoxy groups -OCH3 is 2. The van der Waals surface area contributed by atoms with Crippen molar-refractivity contribution in [3.05, 3.63) is 47.2 Å². The molecule has 1 N–H and O–H groups in total. The normalized spacial score (nSPS) is 13.7.